The molecule has 4 atom stereocenters. The fraction of sp³-hybridized carbons (Fsp3) is 0.333. The van der Waals surface area contributed by atoms with Gasteiger partial charge in [0.1, 0.15) is 11.8 Å². The van der Waals surface area contributed by atoms with E-state index in [0.717, 1.165) is 5.56 Å². The van der Waals surface area contributed by atoms with Crippen LogP contribution in [0.3, 0.4) is 0 Å². The molecule has 0 radical (unpaired) electrons. The number of hydrogen-bond donors (Lipinski definition) is 3. The van der Waals surface area contributed by atoms with E-state index >= 15 is 0 Å². The van der Waals surface area contributed by atoms with Crippen LogP contribution in [0.1, 0.15) is 28.4 Å². The Bertz CT molecular complexity index is 638. The zero-order valence-electron chi connectivity index (χ0n) is 11.7. The van der Waals surface area contributed by atoms with E-state index < -0.39 is 24.2 Å². The average Bonchev–Trinajstić information content (AvgIpc) is 2.85. The summed E-state index contributed by atoms with van der Waals surface area (Å²) in [6, 6.07) is 3.05. The van der Waals surface area contributed by atoms with E-state index in [1.807, 2.05) is 6.07 Å². The maximum atomic E-state index is 12.2. The highest BCUT2D eigenvalue weighted by Crippen LogP contribution is 2.35. The zero-order chi connectivity index (χ0) is 15.5. The Balaban J connectivity index is 1.82. The molecule has 2 aromatic heterocycles. The van der Waals surface area contributed by atoms with Crippen LogP contribution in [0, 0.1) is 0 Å². The average molecular weight is 300 g/mol. The number of carbonyl (C=O) groups excluding carboxylic acids is 1. The Morgan fingerprint density at radius 3 is 2.68 bits per heavy atom. The SMILES string of the molecule is O=C(N[C@H]1[C@H](O)[C@H](O)C[C@@H]1c1cccnc1)c1cnccn1. The normalized spacial score (nSPS) is 27.5. The van der Waals surface area contributed by atoms with Crippen LogP contribution < -0.4 is 5.32 Å². The van der Waals surface area contributed by atoms with Crippen molar-refractivity contribution in [2.45, 2.75) is 30.6 Å². The number of amides is 1. The molecule has 0 aliphatic heterocycles. The monoisotopic (exact) mass is 300 g/mol. The van der Waals surface area contributed by atoms with Crippen LogP contribution in [0.5, 0.6) is 0 Å². The van der Waals surface area contributed by atoms with Gasteiger partial charge >= 0.3 is 0 Å². The van der Waals surface area contributed by atoms with Crippen molar-refractivity contribution in [2.75, 3.05) is 0 Å². The van der Waals surface area contributed by atoms with Crippen molar-refractivity contribution in [2.24, 2.45) is 0 Å². The highest BCUT2D eigenvalue weighted by atomic mass is 16.3. The van der Waals surface area contributed by atoms with Gasteiger partial charge in [0, 0.05) is 30.7 Å². The summed E-state index contributed by atoms with van der Waals surface area (Å²) in [4.78, 5) is 24.0. The molecule has 2 aromatic rings. The molecule has 3 rings (SSSR count). The van der Waals surface area contributed by atoms with Gasteiger partial charge < -0.3 is 15.5 Å². The minimum Gasteiger partial charge on any atom is -0.390 e. The Labute approximate surface area is 127 Å². The Morgan fingerprint density at radius 2 is 2.00 bits per heavy atom. The minimum absolute atomic E-state index is 0.168. The highest BCUT2D eigenvalue weighted by Gasteiger charge is 2.43. The summed E-state index contributed by atoms with van der Waals surface area (Å²) in [5.74, 6) is -0.639. The van der Waals surface area contributed by atoms with Gasteiger partial charge in [-0.1, -0.05) is 6.07 Å². The summed E-state index contributed by atoms with van der Waals surface area (Å²) in [7, 11) is 0. The maximum absolute atomic E-state index is 12.2. The third-order valence-electron chi connectivity index (χ3n) is 3.90. The quantitative estimate of drug-likeness (QED) is 0.729. The Hall–Kier alpha value is -2.38. The molecule has 0 aromatic carbocycles. The van der Waals surface area contributed by atoms with Crippen molar-refractivity contribution in [3.05, 3.63) is 54.4 Å². The lowest BCUT2D eigenvalue weighted by atomic mass is 9.95. The van der Waals surface area contributed by atoms with Gasteiger partial charge in [-0.05, 0) is 18.1 Å². The molecule has 3 N–H and O–H groups in total. The first kappa shape index (κ1) is 14.6. The first-order valence-corrected chi connectivity index (χ1v) is 6.99. The Kier molecular flexibility index (Phi) is 4.08. The minimum atomic E-state index is -1.04. The molecule has 114 valence electrons. The van der Waals surface area contributed by atoms with Crippen molar-refractivity contribution in [1.29, 1.82) is 0 Å². The molecule has 0 unspecified atom stereocenters. The molecule has 22 heavy (non-hydrogen) atoms. The third-order valence-corrected chi connectivity index (χ3v) is 3.90. The molecule has 1 aliphatic rings. The van der Waals surface area contributed by atoms with Crippen LogP contribution >= 0.6 is 0 Å². The van der Waals surface area contributed by atoms with Gasteiger partial charge in [-0.15, -0.1) is 0 Å². The number of rotatable bonds is 3. The standard InChI is InChI=1S/C15H16N4O3/c20-12-6-10(9-2-1-3-16-7-9)13(14(12)21)19-15(22)11-8-17-4-5-18-11/h1-5,7-8,10,12-14,20-21H,6H2,(H,19,22)/t10-,12-,13-,14-/m1/s1. The fourth-order valence-electron chi connectivity index (χ4n) is 2.79. The van der Waals surface area contributed by atoms with Gasteiger partial charge in [0.05, 0.1) is 18.3 Å². The predicted octanol–water partition coefficient (Wildman–Crippen LogP) is -0.121. The summed E-state index contributed by atoms with van der Waals surface area (Å²) in [5, 5.41) is 22.8. The second-order valence-electron chi connectivity index (χ2n) is 5.28. The van der Waals surface area contributed by atoms with Gasteiger partial charge in [-0.2, -0.15) is 0 Å². The number of aliphatic hydroxyl groups excluding tert-OH is 2. The summed E-state index contributed by atoms with van der Waals surface area (Å²) in [6.45, 7) is 0. The van der Waals surface area contributed by atoms with Crippen LogP contribution in [0.25, 0.3) is 0 Å². The zero-order valence-corrected chi connectivity index (χ0v) is 11.7. The van der Waals surface area contributed by atoms with Crippen molar-refractivity contribution < 1.29 is 15.0 Å². The van der Waals surface area contributed by atoms with E-state index in [0.29, 0.717) is 6.42 Å². The number of aliphatic hydroxyl groups is 2. The molecule has 2 heterocycles. The molecule has 7 nitrogen and oxygen atoms in total. The van der Waals surface area contributed by atoms with E-state index in [-0.39, 0.29) is 11.6 Å². The highest BCUT2D eigenvalue weighted by molar-refractivity contribution is 5.92. The number of carbonyl (C=O) groups is 1. The molecular weight excluding hydrogens is 284 g/mol. The lowest BCUT2D eigenvalue weighted by Gasteiger charge is -2.23. The van der Waals surface area contributed by atoms with Gasteiger partial charge in [0.2, 0.25) is 0 Å². The van der Waals surface area contributed by atoms with Crippen LogP contribution in [0.15, 0.2) is 43.1 Å². The van der Waals surface area contributed by atoms with E-state index in [4.69, 9.17) is 0 Å². The lowest BCUT2D eigenvalue weighted by molar-refractivity contribution is 0.0294. The second kappa shape index (κ2) is 6.17. The molecule has 1 fully saturated rings. The Morgan fingerprint density at radius 1 is 1.18 bits per heavy atom. The number of pyridine rings is 1. The van der Waals surface area contributed by atoms with Crippen LogP contribution in [-0.2, 0) is 0 Å². The molecule has 0 saturated heterocycles. The molecule has 7 heteroatoms. The van der Waals surface area contributed by atoms with Crippen molar-refractivity contribution >= 4 is 5.91 Å². The number of hydrogen-bond acceptors (Lipinski definition) is 6. The van der Waals surface area contributed by atoms with Crippen molar-refractivity contribution in [1.82, 2.24) is 20.3 Å². The fourth-order valence-corrected chi connectivity index (χ4v) is 2.79. The lowest BCUT2D eigenvalue weighted by Crippen LogP contribution is -2.45. The largest absolute Gasteiger partial charge is 0.390 e. The smallest absolute Gasteiger partial charge is 0.271 e. The molecule has 0 spiro atoms. The number of nitrogens with one attached hydrogen (secondary N) is 1. The molecule has 1 saturated carbocycles. The molecular formula is C15H16N4O3. The van der Waals surface area contributed by atoms with E-state index in [1.165, 1.54) is 18.6 Å². The third kappa shape index (κ3) is 2.81. The van der Waals surface area contributed by atoms with Gasteiger partial charge in [-0.3, -0.25) is 14.8 Å². The van der Waals surface area contributed by atoms with E-state index in [9.17, 15) is 15.0 Å². The molecule has 0 bridgehead atoms. The topological polar surface area (TPSA) is 108 Å². The van der Waals surface area contributed by atoms with E-state index in [2.05, 4.69) is 20.3 Å². The second-order valence-corrected chi connectivity index (χ2v) is 5.28. The van der Waals surface area contributed by atoms with Crippen LogP contribution in [-0.4, -0.2) is 49.3 Å². The van der Waals surface area contributed by atoms with Gasteiger partial charge in [0.15, 0.2) is 0 Å². The van der Waals surface area contributed by atoms with Crippen molar-refractivity contribution in [3.63, 3.8) is 0 Å². The summed E-state index contributed by atoms with van der Waals surface area (Å²) in [5.41, 5.74) is 1.03. The predicted molar refractivity (Wildman–Crippen MR) is 76.9 cm³/mol. The summed E-state index contributed by atoms with van der Waals surface area (Å²) in [6.07, 6.45) is 6.01. The summed E-state index contributed by atoms with van der Waals surface area (Å²) >= 11 is 0. The molecule has 1 amide bonds. The van der Waals surface area contributed by atoms with Gasteiger partial charge in [-0.25, -0.2) is 4.98 Å². The maximum Gasteiger partial charge on any atom is 0.271 e. The van der Waals surface area contributed by atoms with Crippen molar-refractivity contribution in [3.8, 4) is 0 Å². The van der Waals surface area contributed by atoms with Crippen LogP contribution in [0.2, 0.25) is 0 Å². The number of aromatic nitrogens is 3. The van der Waals surface area contributed by atoms with Gasteiger partial charge in [0.25, 0.3) is 5.91 Å². The number of nitrogens with zero attached hydrogens (tertiary/aromatic N) is 3. The first-order chi connectivity index (χ1) is 10.7. The van der Waals surface area contributed by atoms with Crippen LogP contribution in [0.4, 0.5) is 0 Å². The molecule has 1 aliphatic carbocycles. The van der Waals surface area contributed by atoms with E-state index in [1.54, 1.807) is 18.5 Å². The summed E-state index contributed by atoms with van der Waals surface area (Å²) < 4.78 is 0. The first-order valence-electron chi connectivity index (χ1n) is 6.99.